The number of carbonyl (C=O) groups excluding carboxylic acids is 5. The summed E-state index contributed by atoms with van der Waals surface area (Å²) in [6.45, 7) is 5.28. The Morgan fingerprint density at radius 1 is 1.00 bits per heavy atom. The summed E-state index contributed by atoms with van der Waals surface area (Å²) in [5.41, 5.74) is 3.50. The maximum atomic E-state index is 13.3. The monoisotopic (exact) mass is 725 g/mol. The quantitative estimate of drug-likeness (QED) is 0.0608. The molecule has 0 aromatic heterocycles. The predicted molar refractivity (Wildman–Crippen MR) is 195 cm³/mol. The Balaban J connectivity index is 0.951. The first-order chi connectivity index (χ1) is 25.4. The fraction of sp³-hybridized carbons (Fsp3) is 0.368. The molecule has 3 aliphatic heterocycles. The summed E-state index contributed by atoms with van der Waals surface area (Å²) < 4.78 is 5.48. The maximum Gasteiger partial charge on any atom is 0.411 e. The molecule has 7 N–H and O–H groups in total. The number of nitrogens with two attached hydrogens (primary N) is 1. The van der Waals surface area contributed by atoms with Gasteiger partial charge in [0.25, 0.3) is 11.8 Å². The van der Waals surface area contributed by atoms with Gasteiger partial charge in [0, 0.05) is 60.2 Å². The van der Waals surface area contributed by atoms with Crippen LogP contribution in [0.25, 0.3) is 0 Å². The van der Waals surface area contributed by atoms with Crippen molar-refractivity contribution in [1.82, 2.24) is 15.1 Å². The number of hydrogen-bond acceptors (Lipinski definition) is 10. The van der Waals surface area contributed by atoms with Crippen molar-refractivity contribution in [2.24, 2.45) is 16.9 Å². The molecule has 3 aromatic carbocycles. The molecule has 5 amide bonds. The summed E-state index contributed by atoms with van der Waals surface area (Å²) in [5, 5.41) is 32.5. The predicted octanol–water partition coefficient (Wildman–Crippen LogP) is 4.21. The minimum Gasteiger partial charge on any atom is -0.508 e. The number of hydrogen-bond donors (Lipinski definition) is 6. The lowest BCUT2D eigenvalue weighted by atomic mass is 9.93. The van der Waals surface area contributed by atoms with Crippen molar-refractivity contribution in [2.45, 2.75) is 64.5 Å². The molecular formula is C38H43N7O8. The normalized spacial score (nSPS) is 17.8. The maximum absolute atomic E-state index is 13.3. The van der Waals surface area contributed by atoms with E-state index in [1.807, 2.05) is 13.8 Å². The zero-order chi connectivity index (χ0) is 37.8. The molecule has 2 fully saturated rings. The van der Waals surface area contributed by atoms with Gasteiger partial charge in [-0.05, 0) is 85.5 Å². The van der Waals surface area contributed by atoms with Gasteiger partial charge in [-0.15, -0.1) is 0 Å². The van der Waals surface area contributed by atoms with Crippen LogP contribution in [-0.4, -0.2) is 81.3 Å². The average molecular weight is 726 g/mol. The van der Waals surface area contributed by atoms with Crippen LogP contribution >= 0.6 is 0 Å². The van der Waals surface area contributed by atoms with Gasteiger partial charge >= 0.3 is 6.09 Å². The van der Waals surface area contributed by atoms with Crippen LogP contribution in [0, 0.1) is 5.92 Å². The summed E-state index contributed by atoms with van der Waals surface area (Å²) in [5.74, 6) is 4.62. The molecule has 15 nitrogen and oxygen atoms in total. The smallest absolute Gasteiger partial charge is 0.411 e. The number of phenols is 2. The lowest BCUT2D eigenvalue weighted by Crippen LogP contribution is -2.52. The zero-order valence-corrected chi connectivity index (χ0v) is 29.6. The second kappa shape index (κ2) is 15.6. The van der Waals surface area contributed by atoms with Crippen LogP contribution in [0.3, 0.4) is 0 Å². The first-order valence-corrected chi connectivity index (χ1v) is 17.6. The number of amidine groups is 1. The van der Waals surface area contributed by atoms with E-state index < -0.39 is 18.0 Å². The van der Waals surface area contributed by atoms with E-state index in [4.69, 9.17) is 10.6 Å². The number of ether oxygens (including phenoxy) is 1. The second-order valence-electron chi connectivity index (χ2n) is 13.8. The van der Waals surface area contributed by atoms with Crippen molar-refractivity contribution in [1.29, 1.82) is 0 Å². The van der Waals surface area contributed by atoms with Gasteiger partial charge in [-0.3, -0.25) is 29.8 Å². The third kappa shape index (κ3) is 8.03. The number of benzene rings is 3. The number of nitrogens with one attached hydrogen (secondary N) is 3. The van der Waals surface area contributed by atoms with Crippen molar-refractivity contribution in [3.63, 3.8) is 0 Å². The van der Waals surface area contributed by atoms with Crippen molar-refractivity contribution in [3.05, 3.63) is 82.4 Å². The molecule has 1 unspecified atom stereocenters. The first-order valence-electron chi connectivity index (χ1n) is 17.6. The molecule has 15 heteroatoms. The number of carbonyl (C=O) groups is 5. The molecule has 3 heterocycles. The van der Waals surface area contributed by atoms with Crippen LogP contribution in [0.5, 0.6) is 11.5 Å². The Morgan fingerprint density at radius 2 is 1.74 bits per heavy atom. The number of imide groups is 1. The molecule has 3 aromatic rings. The summed E-state index contributed by atoms with van der Waals surface area (Å²) in [7, 11) is 0. The number of phenolic OH excluding ortho intramolecular Hbond substituents is 2. The molecule has 0 saturated carbocycles. The van der Waals surface area contributed by atoms with E-state index in [2.05, 4.69) is 21.1 Å². The topological polar surface area (TPSA) is 216 Å². The SMILES string of the molecule is CC(C)c1cc(/C(=N/N)Nc2ccc(C(=O)N3CCC(CCOC(=O)Nc4cccc5c4CN(C4CCC(=O)NC4=O)C5=O)CC3)cc2)c(O)cc1O. The number of fused-ring (bicyclic) bond motifs is 1. The first kappa shape index (κ1) is 36.7. The van der Waals surface area contributed by atoms with Crippen LogP contribution in [0.4, 0.5) is 16.2 Å². The molecule has 6 rings (SSSR count). The molecule has 0 spiro atoms. The fourth-order valence-corrected chi connectivity index (χ4v) is 7.02. The number of nitrogens with zero attached hydrogens (tertiary/aromatic N) is 3. The van der Waals surface area contributed by atoms with Crippen molar-refractivity contribution >= 4 is 46.9 Å². The van der Waals surface area contributed by atoms with Gasteiger partial charge < -0.3 is 35.9 Å². The molecule has 2 saturated heterocycles. The lowest BCUT2D eigenvalue weighted by Gasteiger charge is -2.32. The molecule has 3 aliphatic rings. The summed E-state index contributed by atoms with van der Waals surface area (Å²) in [4.78, 5) is 66.3. The van der Waals surface area contributed by atoms with Crippen LogP contribution in [0.1, 0.15) is 89.3 Å². The molecule has 278 valence electrons. The number of rotatable bonds is 9. The molecule has 1 atom stereocenters. The van der Waals surface area contributed by atoms with E-state index in [0.717, 1.165) is 12.8 Å². The molecule has 0 bridgehead atoms. The largest absolute Gasteiger partial charge is 0.508 e. The summed E-state index contributed by atoms with van der Waals surface area (Å²) >= 11 is 0. The van der Waals surface area contributed by atoms with Gasteiger partial charge in [0.2, 0.25) is 11.8 Å². The number of amides is 5. The molecule has 0 radical (unpaired) electrons. The lowest BCUT2D eigenvalue weighted by molar-refractivity contribution is -0.136. The highest BCUT2D eigenvalue weighted by molar-refractivity contribution is 6.10. The third-order valence-corrected chi connectivity index (χ3v) is 10.0. The highest BCUT2D eigenvalue weighted by Crippen LogP contribution is 2.34. The van der Waals surface area contributed by atoms with Gasteiger partial charge in [0.1, 0.15) is 17.5 Å². The highest BCUT2D eigenvalue weighted by Gasteiger charge is 2.40. The average Bonchev–Trinajstić information content (AvgIpc) is 3.47. The number of anilines is 2. The third-order valence-electron chi connectivity index (χ3n) is 10.0. The fourth-order valence-electron chi connectivity index (χ4n) is 7.02. The van der Waals surface area contributed by atoms with Crippen LogP contribution in [0.15, 0.2) is 59.7 Å². The number of likely N-dealkylation sites (tertiary alicyclic amines) is 1. The highest BCUT2D eigenvalue weighted by atomic mass is 16.5. The molecule has 0 aliphatic carbocycles. The number of aromatic hydroxyl groups is 2. The minimum absolute atomic E-state index is 0.00371. The Labute approximate surface area is 306 Å². The van der Waals surface area contributed by atoms with Gasteiger partial charge in [0.15, 0.2) is 5.84 Å². The van der Waals surface area contributed by atoms with Crippen molar-refractivity contribution < 1.29 is 38.9 Å². The van der Waals surface area contributed by atoms with Gasteiger partial charge in [-0.25, -0.2) is 4.79 Å². The summed E-state index contributed by atoms with van der Waals surface area (Å²) in [6, 6.07) is 14.0. The van der Waals surface area contributed by atoms with Gasteiger partial charge in [-0.1, -0.05) is 19.9 Å². The van der Waals surface area contributed by atoms with Crippen LogP contribution in [-0.2, 0) is 20.9 Å². The van der Waals surface area contributed by atoms with E-state index in [9.17, 15) is 34.2 Å². The molecular weight excluding hydrogens is 682 g/mol. The zero-order valence-electron chi connectivity index (χ0n) is 29.6. The van der Waals surface area contributed by atoms with Gasteiger partial charge in [-0.2, -0.15) is 5.10 Å². The van der Waals surface area contributed by atoms with Gasteiger partial charge in [0.05, 0.1) is 12.2 Å². The van der Waals surface area contributed by atoms with E-state index in [0.29, 0.717) is 58.7 Å². The Morgan fingerprint density at radius 3 is 2.42 bits per heavy atom. The van der Waals surface area contributed by atoms with E-state index in [-0.39, 0.29) is 72.9 Å². The Hall–Kier alpha value is -6.12. The van der Waals surface area contributed by atoms with E-state index >= 15 is 0 Å². The Bertz CT molecular complexity index is 1950. The van der Waals surface area contributed by atoms with E-state index in [1.54, 1.807) is 53.4 Å². The van der Waals surface area contributed by atoms with Crippen molar-refractivity contribution in [3.8, 4) is 11.5 Å². The van der Waals surface area contributed by atoms with Crippen LogP contribution < -0.4 is 21.8 Å². The summed E-state index contributed by atoms with van der Waals surface area (Å²) in [6.07, 6.45) is 1.89. The van der Waals surface area contributed by atoms with Crippen molar-refractivity contribution in [2.75, 3.05) is 30.3 Å². The molecule has 53 heavy (non-hydrogen) atoms. The van der Waals surface area contributed by atoms with Crippen LogP contribution in [0.2, 0.25) is 0 Å². The Kier molecular flexibility index (Phi) is 10.8. The number of hydrazone groups is 1. The minimum atomic E-state index is -0.754. The second-order valence-corrected chi connectivity index (χ2v) is 13.8. The number of piperidine rings is 2. The van der Waals surface area contributed by atoms with E-state index in [1.165, 1.54) is 11.0 Å². The standard InChI is InChI=1S/C38H43N7O8/c1-21(2)26-18-27(32(47)19-31(26)46)34(43-39)40-24-8-6-23(7-9-24)36(50)44-15-12-22(13-16-44)14-17-53-38(52)41-29-5-3-4-25-28(29)20-45(37(25)51)30-10-11-33(48)42-35(30)49/h3-9,18-19,21-22,30,46-47H,10-17,20,39H2,1-2H3,(H,40,43)(H,41,52)(H,42,48,49).